The van der Waals surface area contributed by atoms with Gasteiger partial charge in [0.25, 0.3) is 0 Å². The lowest BCUT2D eigenvalue weighted by molar-refractivity contribution is -0.117. The van der Waals surface area contributed by atoms with Gasteiger partial charge in [0.2, 0.25) is 5.91 Å². The van der Waals surface area contributed by atoms with E-state index in [4.69, 9.17) is 5.73 Å². The maximum absolute atomic E-state index is 13.1. The van der Waals surface area contributed by atoms with Gasteiger partial charge in [0.1, 0.15) is 5.82 Å². The van der Waals surface area contributed by atoms with E-state index < -0.39 is 11.9 Å². The molecule has 0 aliphatic carbocycles. The van der Waals surface area contributed by atoms with Crippen molar-refractivity contribution in [2.45, 2.75) is 19.4 Å². The molecule has 0 bridgehead atoms. The maximum Gasteiger partial charge on any atom is 0.241 e. The summed E-state index contributed by atoms with van der Waals surface area (Å²) in [4.78, 5) is 11.3. The zero-order valence-corrected chi connectivity index (χ0v) is 7.96. The molecule has 1 atom stereocenters. The van der Waals surface area contributed by atoms with E-state index in [0.717, 1.165) is 0 Å². The minimum Gasteiger partial charge on any atom is -0.322 e. The second kappa shape index (κ2) is 4.72. The lowest BCUT2D eigenvalue weighted by atomic mass is 10.2. The van der Waals surface area contributed by atoms with Crippen LogP contribution in [0, 0.1) is 5.82 Å². The molecule has 0 unspecified atom stereocenters. The summed E-state index contributed by atoms with van der Waals surface area (Å²) in [6, 6.07) is 5.40. The second-order valence-electron chi connectivity index (χ2n) is 2.98. The second-order valence-corrected chi connectivity index (χ2v) is 2.98. The predicted octanol–water partition coefficient (Wildman–Crippen LogP) is 1.50. The first-order chi connectivity index (χ1) is 6.65. The molecule has 1 rings (SSSR count). The molecule has 0 saturated carbocycles. The first kappa shape index (κ1) is 10.7. The molecule has 1 amide bonds. The van der Waals surface area contributed by atoms with Crippen molar-refractivity contribution in [3.05, 3.63) is 30.1 Å². The number of hydrogen-bond donors (Lipinski definition) is 2. The SMILES string of the molecule is CC[C@H](N)C(=O)Nc1ccccc1F. The first-order valence-electron chi connectivity index (χ1n) is 4.46. The number of nitrogens with two attached hydrogens (primary N) is 1. The Bertz CT molecular complexity index is 328. The number of amides is 1. The topological polar surface area (TPSA) is 55.1 Å². The largest absolute Gasteiger partial charge is 0.322 e. The van der Waals surface area contributed by atoms with Gasteiger partial charge in [-0.3, -0.25) is 4.79 Å². The van der Waals surface area contributed by atoms with Gasteiger partial charge in [-0.05, 0) is 18.6 Å². The van der Waals surface area contributed by atoms with Gasteiger partial charge in [-0.15, -0.1) is 0 Å². The van der Waals surface area contributed by atoms with Crippen LogP contribution < -0.4 is 11.1 Å². The van der Waals surface area contributed by atoms with Crippen LogP contribution in [0.5, 0.6) is 0 Å². The molecule has 0 spiro atoms. The summed E-state index contributed by atoms with van der Waals surface area (Å²) >= 11 is 0. The Hall–Kier alpha value is -1.42. The summed E-state index contributed by atoms with van der Waals surface area (Å²) in [6.45, 7) is 1.80. The number of carbonyl (C=O) groups excluding carboxylic acids is 1. The Morgan fingerprint density at radius 2 is 2.21 bits per heavy atom. The van der Waals surface area contributed by atoms with Crippen LogP contribution in [0.1, 0.15) is 13.3 Å². The standard InChI is InChI=1S/C10H13FN2O/c1-2-8(12)10(14)13-9-6-4-3-5-7(9)11/h3-6,8H,2,12H2,1H3,(H,13,14)/t8-/m0/s1. The lowest BCUT2D eigenvalue weighted by Gasteiger charge is -2.10. The lowest BCUT2D eigenvalue weighted by Crippen LogP contribution is -2.35. The first-order valence-corrected chi connectivity index (χ1v) is 4.46. The van der Waals surface area contributed by atoms with Gasteiger partial charge in [-0.2, -0.15) is 0 Å². The Balaban J connectivity index is 2.70. The van der Waals surface area contributed by atoms with Crippen molar-refractivity contribution in [2.75, 3.05) is 5.32 Å². The fourth-order valence-electron chi connectivity index (χ4n) is 0.973. The number of anilines is 1. The minimum absolute atomic E-state index is 0.168. The summed E-state index contributed by atoms with van der Waals surface area (Å²) in [6.07, 6.45) is 0.528. The Kier molecular flexibility index (Phi) is 3.59. The fraction of sp³-hybridized carbons (Fsp3) is 0.300. The van der Waals surface area contributed by atoms with E-state index in [1.807, 2.05) is 0 Å². The van der Waals surface area contributed by atoms with E-state index in [9.17, 15) is 9.18 Å². The third kappa shape index (κ3) is 2.53. The molecule has 0 heterocycles. The third-order valence-corrected chi connectivity index (χ3v) is 1.91. The van der Waals surface area contributed by atoms with Crippen molar-refractivity contribution >= 4 is 11.6 Å². The Morgan fingerprint density at radius 3 is 2.79 bits per heavy atom. The average molecular weight is 196 g/mol. The van der Waals surface area contributed by atoms with Gasteiger partial charge in [0.05, 0.1) is 11.7 Å². The predicted molar refractivity (Wildman–Crippen MR) is 53.3 cm³/mol. The van der Waals surface area contributed by atoms with Crippen LogP contribution in [0.2, 0.25) is 0 Å². The van der Waals surface area contributed by atoms with Crippen molar-refractivity contribution in [3.8, 4) is 0 Å². The van der Waals surface area contributed by atoms with Gasteiger partial charge in [-0.25, -0.2) is 4.39 Å². The quantitative estimate of drug-likeness (QED) is 0.769. The summed E-state index contributed by atoms with van der Waals surface area (Å²) in [5, 5.41) is 2.42. The monoisotopic (exact) mass is 196 g/mol. The van der Waals surface area contributed by atoms with Crippen LogP contribution in [0.25, 0.3) is 0 Å². The number of benzene rings is 1. The van der Waals surface area contributed by atoms with Crippen molar-refractivity contribution in [3.63, 3.8) is 0 Å². The zero-order chi connectivity index (χ0) is 10.6. The van der Waals surface area contributed by atoms with Crippen molar-refractivity contribution in [1.29, 1.82) is 0 Å². The molecular weight excluding hydrogens is 183 g/mol. The van der Waals surface area contributed by atoms with Gasteiger partial charge >= 0.3 is 0 Å². The number of halogens is 1. The Morgan fingerprint density at radius 1 is 1.57 bits per heavy atom. The maximum atomic E-state index is 13.1. The average Bonchev–Trinajstić information content (AvgIpc) is 2.20. The molecule has 0 aliphatic rings. The number of rotatable bonds is 3. The molecule has 1 aromatic rings. The van der Waals surface area contributed by atoms with Gasteiger partial charge < -0.3 is 11.1 Å². The molecule has 0 radical (unpaired) electrons. The van der Waals surface area contributed by atoms with E-state index in [0.29, 0.717) is 6.42 Å². The van der Waals surface area contributed by atoms with Crippen LogP contribution in [0.15, 0.2) is 24.3 Å². The van der Waals surface area contributed by atoms with E-state index in [1.165, 1.54) is 12.1 Å². The van der Waals surface area contributed by atoms with Crippen LogP contribution in [-0.2, 0) is 4.79 Å². The summed E-state index contributed by atoms with van der Waals surface area (Å²) < 4.78 is 13.1. The normalized spacial score (nSPS) is 12.2. The Labute approximate surface area is 82.1 Å². The highest BCUT2D eigenvalue weighted by Gasteiger charge is 2.12. The number of hydrogen-bond acceptors (Lipinski definition) is 2. The summed E-state index contributed by atoms with van der Waals surface area (Å²) in [7, 11) is 0. The molecule has 4 heteroatoms. The molecule has 3 nitrogen and oxygen atoms in total. The van der Waals surface area contributed by atoms with Crippen LogP contribution in [0.3, 0.4) is 0 Å². The molecular formula is C10H13FN2O. The van der Waals surface area contributed by atoms with Crippen molar-refractivity contribution < 1.29 is 9.18 Å². The van der Waals surface area contributed by atoms with E-state index in [1.54, 1.807) is 19.1 Å². The highest BCUT2D eigenvalue weighted by Crippen LogP contribution is 2.12. The van der Waals surface area contributed by atoms with Crippen LogP contribution in [-0.4, -0.2) is 11.9 Å². The van der Waals surface area contributed by atoms with Crippen molar-refractivity contribution in [2.24, 2.45) is 5.73 Å². The zero-order valence-electron chi connectivity index (χ0n) is 7.96. The van der Waals surface area contributed by atoms with Crippen molar-refractivity contribution in [1.82, 2.24) is 0 Å². The van der Waals surface area contributed by atoms with Crippen LogP contribution in [0.4, 0.5) is 10.1 Å². The fourth-order valence-corrected chi connectivity index (χ4v) is 0.973. The number of para-hydroxylation sites is 1. The summed E-state index contributed by atoms with van der Waals surface area (Å²) in [5.74, 6) is -0.818. The van der Waals surface area contributed by atoms with E-state index >= 15 is 0 Å². The molecule has 1 aromatic carbocycles. The summed E-state index contributed by atoms with van der Waals surface area (Å²) in [5.41, 5.74) is 5.65. The third-order valence-electron chi connectivity index (χ3n) is 1.91. The molecule has 14 heavy (non-hydrogen) atoms. The molecule has 3 N–H and O–H groups in total. The van der Waals surface area contributed by atoms with Gasteiger partial charge in [0.15, 0.2) is 0 Å². The van der Waals surface area contributed by atoms with E-state index in [2.05, 4.69) is 5.32 Å². The minimum atomic E-state index is -0.588. The number of nitrogens with one attached hydrogen (secondary N) is 1. The molecule has 0 aromatic heterocycles. The van der Waals surface area contributed by atoms with Gasteiger partial charge in [-0.1, -0.05) is 19.1 Å². The smallest absolute Gasteiger partial charge is 0.241 e. The number of carbonyl (C=O) groups is 1. The highest BCUT2D eigenvalue weighted by molar-refractivity contribution is 5.94. The molecule has 0 aliphatic heterocycles. The van der Waals surface area contributed by atoms with E-state index in [-0.39, 0.29) is 11.6 Å². The molecule has 0 fully saturated rings. The van der Waals surface area contributed by atoms with Gasteiger partial charge in [0, 0.05) is 0 Å². The molecule has 0 saturated heterocycles. The molecule has 76 valence electrons. The van der Waals surface area contributed by atoms with Crippen LogP contribution >= 0.6 is 0 Å². The highest BCUT2D eigenvalue weighted by atomic mass is 19.1.